The smallest absolute Gasteiger partial charge is 0.209 e. The largest absolute Gasteiger partial charge is 0.330 e. The van der Waals surface area contributed by atoms with Crippen LogP contribution in [0.25, 0.3) is 0 Å². The fraction of sp³-hybridized carbons (Fsp3) is 0.500. The van der Waals surface area contributed by atoms with Crippen LogP contribution in [0.15, 0.2) is 24.3 Å². The Balaban J connectivity index is 1.72. The summed E-state index contributed by atoms with van der Waals surface area (Å²) in [6.45, 7) is 5.36. The molecule has 2 aromatic rings. The van der Waals surface area contributed by atoms with Crippen molar-refractivity contribution in [1.82, 2.24) is 14.7 Å². The van der Waals surface area contributed by atoms with E-state index in [1.807, 2.05) is 32.0 Å². The van der Waals surface area contributed by atoms with Gasteiger partial charge in [-0.15, -0.1) is 5.10 Å². The van der Waals surface area contributed by atoms with Crippen LogP contribution in [-0.4, -0.2) is 47.2 Å². The van der Waals surface area contributed by atoms with Gasteiger partial charge in [0.05, 0.1) is 18.2 Å². The first-order chi connectivity index (χ1) is 11.9. The van der Waals surface area contributed by atoms with E-state index in [0.717, 1.165) is 17.4 Å². The number of aromatic nitrogens is 2. The van der Waals surface area contributed by atoms with Crippen molar-refractivity contribution < 1.29 is 8.42 Å². The summed E-state index contributed by atoms with van der Waals surface area (Å²) in [5, 5.41) is 8.59. The van der Waals surface area contributed by atoms with Crippen molar-refractivity contribution in [2.45, 2.75) is 33.0 Å². The van der Waals surface area contributed by atoms with E-state index in [4.69, 9.17) is 12.2 Å². The molecule has 0 aliphatic carbocycles. The fourth-order valence-electron chi connectivity index (χ4n) is 3.00. The molecule has 1 fully saturated rings. The number of benzene rings is 1. The highest BCUT2D eigenvalue weighted by atomic mass is 32.2. The van der Waals surface area contributed by atoms with Crippen molar-refractivity contribution in [2.75, 3.05) is 23.4 Å². The van der Waals surface area contributed by atoms with E-state index >= 15 is 0 Å². The van der Waals surface area contributed by atoms with Gasteiger partial charge < -0.3 is 5.32 Å². The molecule has 0 saturated carbocycles. The first kappa shape index (κ1) is 18.5. The minimum absolute atomic E-state index is 0.0479. The molecule has 3 rings (SSSR count). The van der Waals surface area contributed by atoms with Gasteiger partial charge in [-0.25, -0.2) is 13.1 Å². The van der Waals surface area contributed by atoms with Gasteiger partial charge in [0.2, 0.25) is 5.13 Å². The summed E-state index contributed by atoms with van der Waals surface area (Å²) in [6, 6.07) is 8.13. The zero-order valence-electron chi connectivity index (χ0n) is 14.3. The Morgan fingerprint density at radius 3 is 2.92 bits per heavy atom. The maximum atomic E-state index is 11.7. The standard InChI is InChI=1S/C16H22N4O2S3/c1-3-19(14-7-8-25(21,22)10-14)11-20-16(23)24-15(18-20)17-13-6-4-5-12(2)9-13/h4-6,9,14H,3,7-8,10-11H2,1-2H3,(H,17,18)/t14-/m1/s1. The minimum atomic E-state index is -2.90. The van der Waals surface area contributed by atoms with Crippen LogP contribution < -0.4 is 5.32 Å². The molecule has 0 bridgehead atoms. The molecular formula is C16H22N4O2S3. The molecule has 25 heavy (non-hydrogen) atoms. The van der Waals surface area contributed by atoms with Crippen molar-refractivity contribution in [3.63, 3.8) is 0 Å². The molecule has 1 atom stereocenters. The summed E-state index contributed by atoms with van der Waals surface area (Å²) >= 11 is 6.86. The van der Waals surface area contributed by atoms with Crippen molar-refractivity contribution in [3.05, 3.63) is 33.8 Å². The number of nitrogens with one attached hydrogen (secondary N) is 1. The average Bonchev–Trinajstić information content (AvgIpc) is 3.07. The molecule has 1 aliphatic rings. The number of hydrogen-bond donors (Lipinski definition) is 1. The second kappa shape index (κ2) is 7.53. The zero-order chi connectivity index (χ0) is 18.0. The molecule has 0 amide bonds. The number of nitrogens with zero attached hydrogens (tertiary/aromatic N) is 3. The van der Waals surface area contributed by atoms with Gasteiger partial charge in [-0.2, -0.15) is 0 Å². The van der Waals surface area contributed by atoms with Crippen molar-refractivity contribution in [1.29, 1.82) is 0 Å². The van der Waals surface area contributed by atoms with E-state index in [1.54, 1.807) is 4.68 Å². The van der Waals surface area contributed by atoms with Gasteiger partial charge in [-0.05, 0) is 49.8 Å². The third kappa shape index (κ3) is 4.66. The van der Waals surface area contributed by atoms with Crippen LogP contribution in [-0.2, 0) is 16.5 Å². The van der Waals surface area contributed by atoms with Crippen LogP contribution in [0.1, 0.15) is 18.9 Å². The lowest BCUT2D eigenvalue weighted by Gasteiger charge is -2.25. The molecule has 0 spiro atoms. The molecule has 0 unspecified atom stereocenters. The number of hydrogen-bond acceptors (Lipinski definition) is 7. The molecule has 1 N–H and O–H groups in total. The predicted octanol–water partition coefficient (Wildman–Crippen LogP) is 3.19. The highest BCUT2D eigenvalue weighted by molar-refractivity contribution is 7.91. The van der Waals surface area contributed by atoms with Crippen LogP contribution in [0.2, 0.25) is 0 Å². The van der Waals surface area contributed by atoms with E-state index in [2.05, 4.69) is 21.4 Å². The first-order valence-corrected chi connectivity index (χ1v) is 11.3. The van der Waals surface area contributed by atoms with Gasteiger partial charge in [0, 0.05) is 11.7 Å². The maximum absolute atomic E-state index is 11.7. The summed E-state index contributed by atoms with van der Waals surface area (Å²) in [5.41, 5.74) is 2.15. The Bertz CT molecular complexity index is 904. The van der Waals surface area contributed by atoms with Gasteiger partial charge >= 0.3 is 0 Å². The quantitative estimate of drug-likeness (QED) is 0.754. The fourth-order valence-corrected chi connectivity index (χ4v) is 5.78. The number of aryl methyl sites for hydroxylation is 1. The number of rotatable bonds is 6. The van der Waals surface area contributed by atoms with Crippen LogP contribution in [0.3, 0.4) is 0 Å². The van der Waals surface area contributed by atoms with Gasteiger partial charge in [0.25, 0.3) is 0 Å². The Morgan fingerprint density at radius 1 is 1.48 bits per heavy atom. The lowest BCUT2D eigenvalue weighted by Crippen LogP contribution is -2.37. The number of sulfone groups is 1. The highest BCUT2D eigenvalue weighted by Gasteiger charge is 2.31. The molecule has 6 nitrogen and oxygen atoms in total. The lowest BCUT2D eigenvalue weighted by atomic mass is 10.2. The lowest BCUT2D eigenvalue weighted by molar-refractivity contribution is 0.165. The highest BCUT2D eigenvalue weighted by Crippen LogP contribution is 2.23. The molecule has 1 saturated heterocycles. The van der Waals surface area contributed by atoms with Gasteiger partial charge in [0.15, 0.2) is 13.8 Å². The Kier molecular flexibility index (Phi) is 5.57. The minimum Gasteiger partial charge on any atom is -0.330 e. The van der Waals surface area contributed by atoms with Crippen LogP contribution in [0.5, 0.6) is 0 Å². The van der Waals surface area contributed by atoms with Crippen LogP contribution in [0.4, 0.5) is 10.8 Å². The monoisotopic (exact) mass is 398 g/mol. The molecule has 1 aromatic heterocycles. The third-order valence-corrected chi connectivity index (χ3v) is 7.30. The van der Waals surface area contributed by atoms with Crippen LogP contribution >= 0.6 is 23.6 Å². The average molecular weight is 399 g/mol. The molecule has 0 radical (unpaired) electrons. The van der Waals surface area contributed by atoms with Crippen molar-refractivity contribution in [2.24, 2.45) is 0 Å². The molecule has 1 aliphatic heterocycles. The van der Waals surface area contributed by atoms with E-state index < -0.39 is 9.84 Å². The third-order valence-electron chi connectivity index (χ3n) is 4.32. The predicted molar refractivity (Wildman–Crippen MR) is 105 cm³/mol. The first-order valence-electron chi connectivity index (χ1n) is 8.22. The van der Waals surface area contributed by atoms with Crippen molar-refractivity contribution >= 4 is 44.2 Å². The van der Waals surface area contributed by atoms with Gasteiger partial charge in [-0.1, -0.05) is 30.4 Å². The summed E-state index contributed by atoms with van der Waals surface area (Å²) in [5.74, 6) is 0.503. The van der Waals surface area contributed by atoms with E-state index in [1.165, 1.54) is 16.9 Å². The van der Waals surface area contributed by atoms with Gasteiger partial charge in [0.1, 0.15) is 0 Å². The second-order valence-corrected chi connectivity index (χ2v) is 10.1. The van der Waals surface area contributed by atoms with E-state index in [0.29, 0.717) is 17.0 Å². The Labute approximate surface area is 157 Å². The molecule has 136 valence electrons. The maximum Gasteiger partial charge on any atom is 0.209 e. The van der Waals surface area contributed by atoms with Gasteiger partial charge in [-0.3, -0.25) is 4.90 Å². The van der Waals surface area contributed by atoms with E-state index in [9.17, 15) is 8.42 Å². The van der Waals surface area contributed by atoms with Crippen molar-refractivity contribution in [3.8, 4) is 0 Å². The molecular weight excluding hydrogens is 376 g/mol. The normalized spacial score (nSPS) is 19.4. The molecule has 1 aromatic carbocycles. The number of anilines is 2. The second-order valence-electron chi connectivity index (χ2n) is 6.27. The Morgan fingerprint density at radius 2 is 2.28 bits per heavy atom. The summed E-state index contributed by atoms with van der Waals surface area (Å²) in [6.07, 6.45) is 0.683. The topological polar surface area (TPSA) is 67.2 Å². The molecule has 9 heteroatoms. The molecule has 2 heterocycles. The summed E-state index contributed by atoms with van der Waals surface area (Å²) < 4.78 is 25.9. The summed E-state index contributed by atoms with van der Waals surface area (Å²) in [7, 11) is -2.90. The van der Waals surface area contributed by atoms with Crippen LogP contribution in [0, 0.1) is 10.9 Å². The SMILES string of the molecule is CCN(Cn1nc(Nc2cccc(C)c2)sc1=S)[C@@H]1CCS(=O)(=O)C1. The summed E-state index contributed by atoms with van der Waals surface area (Å²) in [4.78, 5) is 2.14. The zero-order valence-corrected chi connectivity index (χ0v) is 16.8. The Hall–Kier alpha value is -1.29. The van der Waals surface area contributed by atoms with E-state index in [-0.39, 0.29) is 17.5 Å².